The maximum absolute atomic E-state index is 14.5. The van der Waals surface area contributed by atoms with Gasteiger partial charge in [0.2, 0.25) is 0 Å². The molecule has 2 aromatic rings. The van der Waals surface area contributed by atoms with Gasteiger partial charge in [0.25, 0.3) is 11.7 Å². The zero-order chi connectivity index (χ0) is 44.8. The highest BCUT2D eigenvalue weighted by atomic mass is 16.7. The van der Waals surface area contributed by atoms with Crippen LogP contribution < -0.4 is 10.1 Å². The van der Waals surface area contributed by atoms with Crippen molar-refractivity contribution in [1.29, 1.82) is 0 Å². The molecule has 5 heterocycles. The van der Waals surface area contributed by atoms with Crippen LogP contribution in [0.2, 0.25) is 0 Å². The number of allylic oxidation sites excluding steroid dienone is 2. The second-order valence-corrected chi connectivity index (χ2v) is 17.3. The molecule has 7 rings (SSSR count). The van der Waals surface area contributed by atoms with Crippen molar-refractivity contribution in [3.63, 3.8) is 0 Å². The number of Topliss-reactive ketones (excluding diaryl/α,β-unsaturated/α-hetero) is 1. The zero-order valence-electron chi connectivity index (χ0n) is 36.5. The Kier molecular flexibility index (Phi) is 13.1. The molecule has 16 heteroatoms. The number of phenolic OH excluding ortho intramolecular Hbond substituents is 3. The predicted octanol–water partition coefficient (Wildman–Crippen LogP) is 4.87. The summed E-state index contributed by atoms with van der Waals surface area (Å²) in [5, 5.41) is 67.5. The number of aliphatic hydroxyl groups is 2. The van der Waals surface area contributed by atoms with Gasteiger partial charge >= 0.3 is 11.8 Å². The molecule has 2 aromatic carbocycles. The molecule has 2 fully saturated rings. The summed E-state index contributed by atoms with van der Waals surface area (Å²) in [7, 11) is 3.52. The maximum atomic E-state index is 14.5. The second-order valence-electron chi connectivity index (χ2n) is 17.3. The molecule has 16 nitrogen and oxygen atoms in total. The number of likely N-dealkylation sites (N-methyl/N-ethyl adjacent to an activating group) is 1. The molecule has 61 heavy (non-hydrogen) atoms. The number of esters is 1. The molecule has 11 unspecified atom stereocenters. The third-order valence-electron chi connectivity index (χ3n) is 13.2. The molecule has 0 aromatic heterocycles. The number of anilines is 1. The van der Waals surface area contributed by atoms with Crippen LogP contribution in [0.5, 0.6) is 23.0 Å². The van der Waals surface area contributed by atoms with E-state index in [1.54, 1.807) is 39.8 Å². The van der Waals surface area contributed by atoms with Crippen molar-refractivity contribution in [3.8, 4) is 23.0 Å². The number of nitrogens with zero attached hydrogens (tertiary/aromatic N) is 3. The maximum Gasteiger partial charge on any atom is 0.312 e. The molecule has 0 saturated carbocycles. The van der Waals surface area contributed by atoms with Gasteiger partial charge in [-0.25, -0.2) is 0 Å². The van der Waals surface area contributed by atoms with Crippen LogP contribution in [-0.4, -0.2) is 129 Å². The highest BCUT2D eigenvalue weighted by Gasteiger charge is 2.50. The standard InChI is InChI=1S/C45H60N4O12/c1-21-12-11-13-22(2)44(57)47-35-30(18-46-49-19-28-14-15-29(20-49)48(28)9)39(54)32-33(40(35)55)38(53)26(6)42-34(32)43(56)45(8,61-42)59-17-16-31(58-10)23(3)41(60-27(7)50)25(5)37(52)24(4)36(21)51/h11-13,16-18,21,23-25,28-29,31,36-37,41,51-55H,14-15,19-20H2,1-10H3,(H,47,57)/b12-11?,17-16?,22-13?,46-18+. The second kappa shape index (κ2) is 17.7. The van der Waals surface area contributed by atoms with Gasteiger partial charge in [0.1, 0.15) is 23.4 Å². The third kappa shape index (κ3) is 8.42. The summed E-state index contributed by atoms with van der Waals surface area (Å²) >= 11 is 0. The van der Waals surface area contributed by atoms with E-state index in [9.17, 15) is 39.9 Å². The fourth-order valence-corrected chi connectivity index (χ4v) is 9.20. The number of amides is 1. The fourth-order valence-electron chi connectivity index (χ4n) is 9.20. The molecule has 7 bridgehead atoms. The molecular weight excluding hydrogens is 789 g/mol. The number of nitrogens with one attached hydrogen (secondary N) is 1. The molecule has 5 aliphatic heterocycles. The molecular formula is C45H60N4O12. The van der Waals surface area contributed by atoms with Crippen molar-refractivity contribution < 1.29 is 58.9 Å². The van der Waals surface area contributed by atoms with Crippen LogP contribution in [0.15, 0.2) is 41.2 Å². The van der Waals surface area contributed by atoms with E-state index in [1.807, 2.05) is 5.01 Å². The number of carbonyl (C=O) groups is 3. The summed E-state index contributed by atoms with van der Waals surface area (Å²) < 4.78 is 23.7. The predicted molar refractivity (Wildman–Crippen MR) is 228 cm³/mol. The van der Waals surface area contributed by atoms with Crippen LogP contribution in [0.1, 0.15) is 82.8 Å². The average Bonchev–Trinajstić information content (AvgIpc) is 3.58. The van der Waals surface area contributed by atoms with Gasteiger partial charge in [-0.1, -0.05) is 45.9 Å². The number of hydrogen-bond donors (Lipinski definition) is 6. The van der Waals surface area contributed by atoms with E-state index in [1.165, 1.54) is 59.4 Å². The van der Waals surface area contributed by atoms with Gasteiger partial charge in [0.15, 0.2) is 5.75 Å². The number of fused-ring (bicyclic) bond motifs is 16. The van der Waals surface area contributed by atoms with Crippen LogP contribution >= 0.6 is 0 Å². The Bertz CT molecular complexity index is 2170. The van der Waals surface area contributed by atoms with E-state index in [0.29, 0.717) is 13.1 Å². The Hall–Kier alpha value is -5.16. The lowest BCUT2D eigenvalue weighted by atomic mass is 9.78. The first-order valence-electron chi connectivity index (χ1n) is 20.8. The van der Waals surface area contributed by atoms with Crippen molar-refractivity contribution >= 4 is 40.3 Å². The van der Waals surface area contributed by atoms with E-state index >= 15 is 0 Å². The van der Waals surface area contributed by atoms with Crippen LogP contribution in [0.3, 0.4) is 0 Å². The summed E-state index contributed by atoms with van der Waals surface area (Å²) in [6.07, 6.45) is 6.96. The van der Waals surface area contributed by atoms with Crippen LogP contribution in [0.25, 0.3) is 10.8 Å². The fraction of sp³-hybridized carbons (Fsp3) is 0.556. The lowest BCUT2D eigenvalue weighted by molar-refractivity contribution is -0.160. The number of piperazine rings is 1. The number of aromatic hydroxyl groups is 3. The Labute approximate surface area is 356 Å². The van der Waals surface area contributed by atoms with E-state index in [0.717, 1.165) is 12.8 Å². The van der Waals surface area contributed by atoms with Gasteiger partial charge in [-0.05, 0) is 39.8 Å². The summed E-state index contributed by atoms with van der Waals surface area (Å²) in [6, 6.07) is 0.556. The van der Waals surface area contributed by atoms with Crippen molar-refractivity contribution in [1.82, 2.24) is 9.91 Å². The van der Waals surface area contributed by atoms with Crippen molar-refractivity contribution in [3.05, 3.63) is 52.8 Å². The monoisotopic (exact) mass is 848 g/mol. The van der Waals surface area contributed by atoms with Gasteiger partial charge < -0.3 is 49.8 Å². The number of aliphatic hydroxyl groups excluding tert-OH is 2. The summed E-state index contributed by atoms with van der Waals surface area (Å²) in [5.74, 6) is -8.29. The summed E-state index contributed by atoms with van der Waals surface area (Å²) in [6.45, 7) is 13.8. The average molecular weight is 849 g/mol. The highest BCUT2D eigenvalue weighted by Crippen LogP contribution is 2.55. The van der Waals surface area contributed by atoms with Crippen molar-refractivity contribution in [2.75, 3.05) is 32.6 Å². The number of hydrazone groups is 1. The van der Waals surface area contributed by atoms with Crippen LogP contribution in [0, 0.1) is 30.6 Å². The number of methoxy groups -OCH3 is 1. The minimum Gasteiger partial charge on any atom is -0.507 e. The first-order chi connectivity index (χ1) is 28.7. The molecule has 1 amide bonds. The Morgan fingerprint density at radius 2 is 1.61 bits per heavy atom. The number of benzene rings is 2. The first-order valence-corrected chi connectivity index (χ1v) is 20.8. The largest absolute Gasteiger partial charge is 0.507 e. The van der Waals surface area contributed by atoms with E-state index in [-0.39, 0.29) is 56.6 Å². The van der Waals surface area contributed by atoms with E-state index in [2.05, 4.69) is 17.3 Å². The van der Waals surface area contributed by atoms with Crippen molar-refractivity contribution in [2.45, 2.75) is 111 Å². The van der Waals surface area contributed by atoms with Crippen molar-refractivity contribution in [2.24, 2.45) is 28.8 Å². The van der Waals surface area contributed by atoms with Crippen LogP contribution in [-0.2, 0) is 23.8 Å². The van der Waals surface area contributed by atoms with Gasteiger partial charge in [-0.3, -0.25) is 24.3 Å². The lowest BCUT2D eigenvalue weighted by Gasteiger charge is -2.38. The smallest absolute Gasteiger partial charge is 0.312 e. The molecule has 2 saturated heterocycles. The minimum absolute atomic E-state index is 0.0610. The number of phenols is 3. The van der Waals surface area contributed by atoms with E-state index < -0.39 is 88.8 Å². The number of carbonyl (C=O) groups excluding carboxylic acids is 3. The quantitative estimate of drug-likeness (QED) is 0.105. The Morgan fingerprint density at radius 3 is 2.23 bits per heavy atom. The number of hydrogen-bond acceptors (Lipinski definition) is 15. The highest BCUT2D eigenvalue weighted by molar-refractivity contribution is 6.23. The number of rotatable bonds is 4. The summed E-state index contributed by atoms with van der Waals surface area (Å²) in [4.78, 5) is 43.0. The molecule has 6 N–H and O–H groups in total. The number of ether oxygens (including phenoxy) is 4. The normalized spacial score (nSPS) is 32.7. The summed E-state index contributed by atoms with van der Waals surface area (Å²) in [5.41, 5.74) is -0.303. The van der Waals surface area contributed by atoms with Crippen LogP contribution in [0.4, 0.5) is 5.69 Å². The van der Waals surface area contributed by atoms with Gasteiger partial charge in [0.05, 0.1) is 66.1 Å². The molecule has 0 aliphatic carbocycles. The van der Waals surface area contributed by atoms with Gasteiger partial charge in [-0.15, -0.1) is 0 Å². The SMILES string of the molecule is COC1C=COC2(C)Oc3c(C)c(O)c4c(O)c(c(/C=N/N5CC6CCC(C5)N6C)c(O)c4c3C2=O)NC(=O)C(C)=CC=CC(C)C(O)C(C)C(O)C(C)C(OC(C)=O)C1C. The molecule has 332 valence electrons. The van der Waals surface area contributed by atoms with Gasteiger partial charge in [0, 0.05) is 73.2 Å². The van der Waals surface area contributed by atoms with Gasteiger partial charge in [-0.2, -0.15) is 5.10 Å². The topological polar surface area (TPSA) is 220 Å². The zero-order valence-corrected chi connectivity index (χ0v) is 36.5. The Balaban J connectivity index is 1.51. The van der Waals surface area contributed by atoms with E-state index in [4.69, 9.17) is 24.0 Å². The number of ketones is 1. The molecule has 5 aliphatic rings. The molecule has 0 radical (unpaired) electrons. The lowest BCUT2D eigenvalue weighted by Crippen LogP contribution is -2.49. The third-order valence-corrected chi connectivity index (χ3v) is 13.2. The Morgan fingerprint density at radius 1 is 0.951 bits per heavy atom. The molecule has 0 spiro atoms. The first kappa shape index (κ1) is 45.4. The molecule has 11 atom stereocenters. The minimum atomic E-state index is -2.04.